The maximum absolute atomic E-state index is 12.1. The summed E-state index contributed by atoms with van der Waals surface area (Å²) < 4.78 is 11.3. The lowest BCUT2D eigenvalue weighted by Gasteiger charge is -2.11. The summed E-state index contributed by atoms with van der Waals surface area (Å²) in [5.41, 5.74) is 1.62. The molecule has 2 rings (SSSR count). The highest BCUT2D eigenvalue weighted by Gasteiger charge is 2.04. The van der Waals surface area contributed by atoms with Gasteiger partial charge in [-0.25, -0.2) is 0 Å². The van der Waals surface area contributed by atoms with E-state index in [-0.39, 0.29) is 12.5 Å². The molecule has 0 aliphatic rings. The molecule has 0 aliphatic heterocycles. The maximum Gasteiger partial charge on any atom is 0.243 e. The molecule has 0 atom stereocenters. The lowest BCUT2D eigenvalue weighted by molar-refractivity contribution is -0.114. The Balaban J connectivity index is 1.75. The van der Waals surface area contributed by atoms with Crippen LogP contribution in [0.2, 0.25) is 0 Å². The van der Waals surface area contributed by atoms with Crippen molar-refractivity contribution in [2.24, 2.45) is 11.8 Å². The van der Waals surface area contributed by atoms with Crippen LogP contribution >= 0.6 is 0 Å². The molecule has 0 saturated heterocycles. The van der Waals surface area contributed by atoms with Crippen molar-refractivity contribution in [2.75, 3.05) is 30.4 Å². The van der Waals surface area contributed by atoms with E-state index in [1.807, 2.05) is 48.5 Å². The van der Waals surface area contributed by atoms with Gasteiger partial charge in [-0.2, -0.15) is 0 Å². The number of hydrogen-bond donors (Lipinski definition) is 2. The number of rotatable bonds is 10. The third kappa shape index (κ3) is 8.03. The second-order valence-electron chi connectivity index (χ2n) is 7.36. The largest absolute Gasteiger partial charge is 0.493 e. The molecule has 0 aliphatic carbocycles. The number of ether oxygens (including phenoxy) is 2. The Morgan fingerprint density at radius 3 is 1.67 bits per heavy atom. The van der Waals surface area contributed by atoms with E-state index in [4.69, 9.17) is 9.47 Å². The zero-order chi connectivity index (χ0) is 19.6. The van der Waals surface area contributed by atoms with Gasteiger partial charge in [0.05, 0.1) is 19.8 Å². The van der Waals surface area contributed by atoms with Crippen molar-refractivity contribution >= 4 is 17.3 Å². The van der Waals surface area contributed by atoms with Crippen LogP contribution in [-0.4, -0.2) is 25.7 Å². The molecule has 0 bridgehead atoms. The van der Waals surface area contributed by atoms with Crippen LogP contribution in [0.5, 0.6) is 11.5 Å². The van der Waals surface area contributed by atoms with Crippen molar-refractivity contribution in [3.05, 3.63) is 48.5 Å². The Kier molecular flexibility index (Phi) is 7.99. The summed E-state index contributed by atoms with van der Waals surface area (Å²) in [7, 11) is 0. The number of nitrogens with one attached hydrogen (secondary N) is 2. The smallest absolute Gasteiger partial charge is 0.243 e. The normalized spacial score (nSPS) is 10.7. The highest BCUT2D eigenvalue weighted by molar-refractivity contribution is 5.93. The van der Waals surface area contributed by atoms with Crippen LogP contribution in [0.1, 0.15) is 27.7 Å². The molecule has 0 fully saturated rings. The first kappa shape index (κ1) is 20.6. The Morgan fingerprint density at radius 1 is 0.778 bits per heavy atom. The summed E-state index contributed by atoms with van der Waals surface area (Å²) in [5.74, 6) is 2.50. The van der Waals surface area contributed by atoms with Crippen LogP contribution in [0.4, 0.5) is 11.4 Å². The van der Waals surface area contributed by atoms with Gasteiger partial charge in [0.15, 0.2) is 0 Å². The van der Waals surface area contributed by atoms with Crippen LogP contribution in [0, 0.1) is 11.8 Å². The van der Waals surface area contributed by atoms with E-state index in [9.17, 15) is 4.79 Å². The van der Waals surface area contributed by atoms with Crippen molar-refractivity contribution in [2.45, 2.75) is 27.7 Å². The zero-order valence-electron chi connectivity index (χ0n) is 16.6. The molecular weight excluding hydrogens is 340 g/mol. The Labute approximate surface area is 162 Å². The second-order valence-corrected chi connectivity index (χ2v) is 7.36. The van der Waals surface area contributed by atoms with Crippen molar-refractivity contribution in [1.29, 1.82) is 0 Å². The molecule has 0 unspecified atom stereocenters. The maximum atomic E-state index is 12.1. The van der Waals surface area contributed by atoms with Gasteiger partial charge in [-0.3, -0.25) is 4.79 Å². The Morgan fingerprint density at radius 2 is 1.22 bits per heavy atom. The standard InChI is InChI=1S/C22H30N2O3/c1-16(2)14-26-20-9-5-18(6-10-20)23-13-22(25)24-19-7-11-21(12-8-19)27-15-17(3)4/h5-12,16-17,23H,13-15H2,1-4H3,(H,24,25). The molecule has 0 aromatic heterocycles. The summed E-state index contributed by atoms with van der Waals surface area (Å²) in [6.45, 7) is 9.99. The molecule has 0 saturated carbocycles. The van der Waals surface area contributed by atoms with Gasteiger partial charge in [-0.1, -0.05) is 27.7 Å². The topological polar surface area (TPSA) is 59.6 Å². The fourth-order valence-corrected chi connectivity index (χ4v) is 2.22. The van der Waals surface area contributed by atoms with Crippen LogP contribution in [0.25, 0.3) is 0 Å². The SMILES string of the molecule is CC(C)COc1ccc(NCC(=O)Nc2ccc(OCC(C)C)cc2)cc1. The van der Waals surface area contributed by atoms with Crippen LogP contribution in [-0.2, 0) is 4.79 Å². The van der Waals surface area contributed by atoms with Crippen LogP contribution in [0.3, 0.4) is 0 Å². The molecule has 2 aromatic rings. The van der Waals surface area contributed by atoms with E-state index in [1.54, 1.807) is 0 Å². The minimum atomic E-state index is -0.106. The number of amides is 1. The second kappa shape index (κ2) is 10.5. The molecular formula is C22H30N2O3. The molecule has 2 aromatic carbocycles. The van der Waals surface area contributed by atoms with E-state index in [1.165, 1.54) is 0 Å². The van der Waals surface area contributed by atoms with E-state index >= 15 is 0 Å². The molecule has 146 valence electrons. The number of carbonyl (C=O) groups is 1. The van der Waals surface area contributed by atoms with Gasteiger partial charge in [-0.05, 0) is 60.4 Å². The molecule has 0 radical (unpaired) electrons. The quantitative estimate of drug-likeness (QED) is 0.630. The summed E-state index contributed by atoms with van der Waals surface area (Å²) in [6.07, 6.45) is 0. The molecule has 0 heterocycles. The average Bonchev–Trinajstić information content (AvgIpc) is 2.65. The zero-order valence-corrected chi connectivity index (χ0v) is 16.6. The first-order valence-electron chi connectivity index (χ1n) is 9.42. The number of hydrogen-bond acceptors (Lipinski definition) is 4. The van der Waals surface area contributed by atoms with Gasteiger partial charge >= 0.3 is 0 Å². The minimum Gasteiger partial charge on any atom is -0.493 e. The summed E-state index contributed by atoms with van der Waals surface area (Å²) >= 11 is 0. The molecule has 1 amide bonds. The van der Waals surface area contributed by atoms with Gasteiger partial charge in [0.1, 0.15) is 11.5 Å². The lowest BCUT2D eigenvalue weighted by Crippen LogP contribution is -2.21. The summed E-state index contributed by atoms with van der Waals surface area (Å²) in [4.78, 5) is 12.1. The van der Waals surface area contributed by atoms with Crippen LogP contribution < -0.4 is 20.1 Å². The summed E-state index contributed by atoms with van der Waals surface area (Å²) in [5, 5.41) is 5.98. The van der Waals surface area contributed by atoms with Crippen molar-refractivity contribution in [3.63, 3.8) is 0 Å². The average molecular weight is 370 g/mol. The third-order valence-corrected chi connectivity index (χ3v) is 3.61. The fraction of sp³-hybridized carbons (Fsp3) is 0.409. The highest BCUT2D eigenvalue weighted by Crippen LogP contribution is 2.18. The van der Waals surface area contributed by atoms with Crippen molar-refractivity contribution < 1.29 is 14.3 Å². The van der Waals surface area contributed by atoms with Gasteiger partial charge in [0, 0.05) is 11.4 Å². The highest BCUT2D eigenvalue weighted by atomic mass is 16.5. The molecule has 5 heteroatoms. The van der Waals surface area contributed by atoms with E-state index < -0.39 is 0 Å². The number of anilines is 2. The number of carbonyl (C=O) groups excluding carboxylic acids is 1. The Hall–Kier alpha value is -2.69. The molecule has 0 spiro atoms. The third-order valence-electron chi connectivity index (χ3n) is 3.61. The molecule has 27 heavy (non-hydrogen) atoms. The van der Waals surface area contributed by atoms with E-state index in [0.717, 1.165) is 22.9 Å². The van der Waals surface area contributed by atoms with Gasteiger partial charge in [-0.15, -0.1) is 0 Å². The van der Waals surface area contributed by atoms with Crippen molar-refractivity contribution in [1.82, 2.24) is 0 Å². The first-order chi connectivity index (χ1) is 12.9. The predicted molar refractivity (Wildman–Crippen MR) is 111 cm³/mol. The first-order valence-corrected chi connectivity index (χ1v) is 9.42. The lowest BCUT2D eigenvalue weighted by atomic mass is 10.2. The molecule has 5 nitrogen and oxygen atoms in total. The van der Waals surface area contributed by atoms with E-state index in [2.05, 4.69) is 38.3 Å². The van der Waals surface area contributed by atoms with Crippen LogP contribution in [0.15, 0.2) is 48.5 Å². The predicted octanol–water partition coefficient (Wildman–Crippen LogP) is 4.81. The molecule has 2 N–H and O–H groups in total. The van der Waals surface area contributed by atoms with E-state index in [0.29, 0.717) is 25.0 Å². The fourth-order valence-electron chi connectivity index (χ4n) is 2.22. The monoisotopic (exact) mass is 370 g/mol. The van der Waals surface area contributed by atoms with Gasteiger partial charge in [0.2, 0.25) is 5.91 Å². The van der Waals surface area contributed by atoms with Crippen molar-refractivity contribution in [3.8, 4) is 11.5 Å². The number of benzene rings is 2. The summed E-state index contributed by atoms with van der Waals surface area (Å²) in [6, 6.07) is 15.0. The van der Waals surface area contributed by atoms with Gasteiger partial charge < -0.3 is 20.1 Å². The van der Waals surface area contributed by atoms with Gasteiger partial charge in [0.25, 0.3) is 0 Å². The minimum absolute atomic E-state index is 0.106. The Bertz CT molecular complexity index is 695.